The first kappa shape index (κ1) is 14.2. The predicted octanol–water partition coefficient (Wildman–Crippen LogP) is 3.32. The first-order chi connectivity index (χ1) is 9.27. The Labute approximate surface area is 119 Å². The molecule has 0 aliphatic heterocycles. The van der Waals surface area contributed by atoms with Gasteiger partial charge in [-0.3, -0.25) is 4.79 Å². The molecule has 1 fully saturated rings. The molecule has 19 heavy (non-hydrogen) atoms. The minimum absolute atomic E-state index is 0.0623. The van der Waals surface area contributed by atoms with E-state index >= 15 is 0 Å². The predicted molar refractivity (Wildman–Crippen MR) is 77.0 cm³/mol. The van der Waals surface area contributed by atoms with E-state index in [9.17, 15) is 4.79 Å². The number of benzene rings is 1. The Kier molecular flexibility index (Phi) is 5.08. The molecule has 104 valence electrons. The van der Waals surface area contributed by atoms with Crippen molar-refractivity contribution in [1.82, 2.24) is 4.90 Å². The molecule has 0 saturated heterocycles. The summed E-state index contributed by atoms with van der Waals surface area (Å²) in [5.74, 6) is 1.29. The molecule has 1 amide bonds. The van der Waals surface area contributed by atoms with Gasteiger partial charge in [0, 0.05) is 18.5 Å². The van der Waals surface area contributed by atoms with E-state index in [0.29, 0.717) is 23.2 Å². The van der Waals surface area contributed by atoms with Crippen molar-refractivity contribution >= 4 is 17.5 Å². The second-order valence-electron chi connectivity index (χ2n) is 4.83. The average molecular weight is 282 g/mol. The lowest BCUT2D eigenvalue weighted by molar-refractivity contribution is 0.0577. The van der Waals surface area contributed by atoms with E-state index in [2.05, 4.69) is 0 Å². The van der Waals surface area contributed by atoms with Crippen LogP contribution in [0.25, 0.3) is 0 Å². The Morgan fingerprint density at radius 3 is 2.74 bits per heavy atom. The van der Waals surface area contributed by atoms with Crippen LogP contribution in [0.4, 0.5) is 0 Å². The number of methoxy groups -OCH3 is 1. The SMILES string of the molecule is COc1ccccc1C(=O)N(CCCCl)C1CCC1. The number of ether oxygens (including phenoxy) is 1. The van der Waals surface area contributed by atoms with E-state index < -0.39 is 0 Å². The minimum atomic E-state index is 0.0623. The number of hydrogen-bond donors (Lipinski definition) is 0. The summed E-state index contributed by atoms with van der Waals surface area (Å²) < 4.78 is 5.28. The molecule has 3 nitrogen and oxygen atoms in total. The van der Waals surface area contributed by atoms with Crippen LogP contribution in [-0.4, -0.2) is 36.4 Å². The zero-order valence-electron chi connectivity index (χ0n) is 11.3. The van der Waals surface area contributed by atoms with Crippen LogP contribution in [-0.2, 0) is 0 Å². The van der Waals surface area contributed by atoms with Gasteiger partial charge in [-0.2, -0.15) is 0 Å². The molecular formula is C15H20ClNO2. The van der Waals surface area contributed by atoms with Crippen LogP contribution in [0.1, 0.15) is 36.0 Å². The number of halogens is 1. The maximum atomic E-state index is 12.7. The maximum Gasteiger partial charge on any atom is 0.257 e. The van der Waals surface area contributed by atoms with Gasteiger partial charge in [-0.15, -0.1) is 11.6 Å². The third-order valence-electron chi connectivity index (χ3n) is 3.65. The zero-order chi connectivity index (χ0) is 13.7. The largest absolute Gasteiger partial charge is 0.496 e. The maximum absolute atomic E-state index is 12.7. The first-order valence-electron chi connectivity index (χ1n) is 6.78. The topological polar surface area (TPSA) is 29.5 Å². The van der Waals surface area contributed by atoms with Crippen LogP contribution < -0.4 is 4.74 Å². The van der Waals surface area contributed by atoms with Gasteiger partial charge in [0.15, 0.2) is 0 Å². The molecule has 0 heterocycles. The highest BCUT2D eigenvalue weighted by molar-refractivity contribution is 6.17. The molecule has 1 aromatic rings. The van der Waals surface area contributed by atoms with Crippen molar-refractivity contribution in [3.05, 3.63) is 29.8 Å². The number of carbonyl (C=O) groups excluding carboxylic acids is 1. The van der Waals surface area contributed by atoms with Crippen molar-refractivity contribution in [3.63, 3.8) is 0 Å². The van der Waals surface area contributed by atoms with Crippen molar-refractivity contribution in [2.75, 3.05) is 19.5 Å². The fourth-order valence-electron chi connectivity index (χ4n) is 2.35. The molecule has 0 unspecified atom stereocenters. The number of para-hydroxylation sites is 1. The normalized spacial score (nSPS) is 14.8. The Morgan fingerprint density at radius 2 is 2.16 bits per heavy atom. The number of nitrogens with zero attached hydrogens (tertiary/aromatic N) is 1. The van der Waals surface area contributed by atoms with Gasteiger partial charge in [-0.25, -0.2) is 0 Å². The number of amides is 1. The van der Waals surface area contributed by atoms with Gasteiger partial charge < -0.3 is 9.64 Å². The second-order valence-corrected chi connectivity index (χ2v) is 5.20. The van der Waals surface area contributed by atoms with Gasteiger partial charge in [0.25, 0.3) is 5.91 Å². The summed E-state index contributed by atoms with van der Waals surface area (Å²) in [4.78, 5) is 14.6. The van der Waals surface area contributed by atoms with Crippen molar-refractivity contribution in [3.8, 4) is 5.75 Å². The molecule has 1 saturated carbocycles. The molecule has 0 atom stereocenters. The molecule has 1 aliphatic carbocycles. The molecular weight excluding hydrogens is 262 g/mol. The lowest BCUT2D eigenvalue weighted by Crippen LogP contribution is -2.45. The quantitative estimate of drug-likeness (QED) is 0.749. The van der Waals surface area contributed by atoms with E-state index in [1.54, 1.807) is 7.11 Å². The van der Waals surface area contributed by atoms with Crippen molar-refractivity contribution < 1.29 is 9.53 Å². The van der Waals surface area contributed by atoms with E-state index in [1.807, 2.05) is 29.2 Å². The van der Waals surface area contributed by atoms with Gasteiger partial charge in [0.2, 0.25) is 0 Å². The Bertz CT molecular complexity index is 432. The van der Waals surface area contributed by atoms with Crippen LogP contribution in [0.3, 0.4) is 0 Å². The van der Waals surface area contributed by atoms with E-state index in [4.69, 9.17) is 16.3 Å². The van der Waals surface area contributed by atoms with Gasteiger partial charge >= 0.3 is 0 Å². The Hall–Kier alpha value is -1.22. The third kappa shape index (κ3) is 3.21. The van der Waals surface area contributed by atoms with Gasteiger partial charge in [0.05, 0.1) is 12.7 Å². The molecule has 0 spiro atoms. The summed E-state index contributed by atoms with van der Waals surface area (Å²) >= 11 is 5.76. The first-order valence-corrected chi connectivity index (χ1v) is 7.31. The van der Waals surface area contributed by atoms with Crippen LogP contribution in [0.2, 0.25) is 0 Å². The summed E-state index contributed by atoms with van der Waals surface area (Å²) in [6.07, 6.45) is 4.24. The lowest BCUT2D eigenvalue weighted by Gasteiger charge is -2.37. The third-order valence-corrected chi connectivity index (χ3v) is 3.91. The van der Waals surface area contributed by atoms with Crippen molar-refractivity contribution in [2.45, 2.75) is 31.7 Å². The summed E-state index contributed by atoms with van der Waals surface area (Å²) in [7, 11) is 1.60. The summed E-state index contributed by atoms with van der Waals surface area (Å²) in [5, 5.41) is 0. The number of rotatable bonds is 6. The van der Waals surface area contributed by atoms with Crippen molar-refractivity contribution in [1.29, 1.82) is 0 Å². The fraction of sp³-hybridized carbons (Fsp3) is 0.533. The molecule has 0 aromatic heterocycles. The molecule has 0 bridgehead atoms. The number of carbonyl (C=O) groups is 1. The van der Waals surface area contributed by atoms with Gasteiger partial charge in [-0.1, -0.05) is 12.1 Å². The van der Waals surface area contributed by atoms with Crippen LogP contribution >= 0.6 is 11.6 Å². The van der Waals surface area contributed by atoms with Crippen LogP contribution in [0.15, 0.2) is 24.3 Å². The Balaban J connectivity index is 2.17. The summed E-state index contributed by atoms with van der Waals surface area (Å²) in [6.45, 7) is 0.727. The summed E-state index contributed by atoms with van der Waals surface area (Å²) in [6, 6.07) is 7.78. The molecule has 0 radical (unpaired) electrons. The highest BCUT2D eigenvalue weighted by Gasteiger charge is 2.30. The molecule has 2 rings (SSSR count). The standard InChI is InChI=1S/C15H20ClNO2/c1-19-14-9-3-2-8-13(14)15(18)17(11-5-10-16)12-6-4-7-12/h2-3,8-9,12H,4-7,10-11H2,1H3. The molecule has 1 aliphatic rings. The minimum Gasteiger partial charge on any atom is -0.496 e. The van der Waals surface area contributed by atoms with Crippen LogP contribution in [0, 0.1) is 0 Å². The van der Waals surface area contributed by atoms with Gasteiger partial charge in [-0.05, 0) is 37.8 Å². The Morgan fingerprint density at radius 1 is 1.42 bits per heavy atom. The van der Waals surface area contributed by atoms with Crippen molar-refractivity contribution in [2.24, 2.45) is 0 Å². The lowest BCUT2D eigenvalue weighted by atomic mass is 9.90. The second kappa shape index (κ2) is 6.80. The molecule has 0 N–H and O–H groups in total. The van der Waals surface area contributed by atoms with E-state index in [-0.39, 0.29) is 5.91 Å². The smallest absolute Gasteiger partial charge is 0.257 e. The van der Waals surface area contributed by atoms with E-state index in [1.165, 1.54) is 6.42 Å². The number of hydrogen-bond acceptors (Lipinski definition) is 2. The highest BCUT2D eigenvalue weighted by atomic mass is 35.5. The summed E-state index contributed by atoms with van der Waals surface area (Å²) in [5.41, 5.74) is 0.645. The van der Waals surface area contributed by atoms with E-state index in [0.717, 1.165) is 25.8 Å². The molecule has 4 heteroatoms. The van der Waals surface area contributed by atoms with Gasteiger partial charge in [0.1, 0.15) is 5.75 Å². The molecule has 1 aromatic carbocycles. The fourth-order valence-corrected chi connectivity index (χ4v) is 2.47. The average Bonchev–Trinajstić information content (AvgIpc) is 2.40. The monoisotopic (exact) mass is 281 g/mol. The zero-order valence-corrected chi connectivity index (χ0v) is 12.0. The highest BCUT2D eigenvalue weighted by Crippen LogP contribution is 2.28. The number of alkyl halides is 1. The van der Waals surface area contributed by atoms with Crippen LogP contribution in [0.5, 0.6) is 5.75 Å².